The first-order chi connectivity index (χ1) is 12.6. The molecule has 156 valence electrons. The maximum atomic E-state index is 11.2. The highest BCUT2D eigenvalue weighted by atomic mass is 127. The highest BCUT2D eigenvalue weighted by molar-refractivity contribution is 14.0. The number of carbonyl (C=O) groups excluding carboxylic acids is 1. The van der Waals surface area contributed by atoms with E-state index >= 15 is 0 Å². The van der Waals surface area contributed by atoms with E-state index in [1.807, 2.05) is 19.9 Å². The quantitative estimate of drug-likeness (QED) is 0.124. The predicted octanol–water partition coefficient (Wildman–Crippen LogP) is 4.12. The van der Waals surface area contributed by atoms with Gasteiger partial charge < -0.3 is 20.5 Å². The number of hydrogen-bond acceptors (Lipinski definition) is 5. The summed E-state index contributed by atoms with van der Waals surface area (Å²) in [5, 5.41) is 16.6. The number of aliphatic hydroxyl groups excluding tert-OH is 1. The third-order valence-corrected chi connectivity index (χ3v) is 4.93. The van der Waals surface area contributed by atoms with Gasteiger partial charge in [0, 0.05) is 24.4 Å². The van der Waals surface area contributed by atoms with Gasteiger partial charge in [0.1, 0.15) is 6.10 Å². The van der Waals surface area contributed by atoms with Crippen LogP contribution in [0.15, 0.2) is 17.1 Å². The number of hydrogen-bond donors (Lipinski definition) is 3. The molecule has 6 nitrogen and oxygen atoms in total. The minimum absolute atomic E-state index is 0. The van der Waals surface area contributed by atoms with E-state index < -0.39 is 6.10 Å². The number of nitrogens with one attached hydrogen (secondary N) is 2. The summed E-state index contributed by atoms with van der Waals surface area (Å²) in [5.41, 5.74) is 0. The van der Waals surface area contributed by atoms with Crippen LogP contribution < -0.4 is 10.6 Å². The summed E-state index contributed by atoms with van der Waals surface area (Å²) in [5.74, 6) is 0.582. The molecule has 1 heterocycles. The van der Waals surface area contributed by atoms with Gasteiger partial charge in [0.2, 0.25) is 0 Å². The van der Waals surface area contributed by atoms with Gasteiger partial charge in [0.15, 0.2) is 5.96 Å². The van der Waals surface area contributed by atoms with E-state index in [1.54, 1.807) is 6.07 Å². The summed E-state index contributed by atoms with van der Waals surface area (Å²) in [7, 11) is 0. The molecule has 1 rings (SSSR count). The van der Waals surface area contributed by atoms with Gasteiger partial charge >= 0.3 is 5.97 Å². The molecular formula is C18H31ClIN3O3S. The van der Waals surface area contributed by atoms with Crippen LogP contribution in [-0.4, -0.2) is 43.3 Å². The van der Waals surface area contributed by atoms with Crippen molar-refractivity contribution in [1.82, 2.24) is 10.6 Å². The zero-order valence-corrected chi connectivity index (χ0v) is 19.9. The Labute approximate surface area is 188 Å². The fourth-order valence-corrected chi connectivity index (χ4v) is 3.34. The molecule has 0 spiro atoms. The first-order valence-corrected chi connectivity index (χ1v) is 10.4. The molecule has 0 bridgehead atoms. The monoisotopic (exact) mass is 531 g/mol. The number of halogens is 2. The number of unbranched alkanes of at least 4 members (excludes halogenated alkanes) is 3. The van der Waals surface area contributed by atoms with Gasteiger partial charge in [0.25, 0.3) is 0 Å². The van der Waals surface area contributed by atoms with Crippen molar-refractivity contribution < 1.29 is 14.6 Å². The lowest BCUT2D eigenvalue weighted by Crippen LogP contribution is -2.38. The topological polar surface area (TPSA) is 83.0 Å². The molecule has 0 radical (unpaired) electrons. The van der Waals surface area contributed by atoms with Crippen molar-refractivity contribution in [3.8, 4) is 0 Å². The molecule has 0 aliphatic carbocycles. The number of aliphatic imine (C=N–C) groups is 1. The molecule has 1 atom stereocenters. The van der Waals surface area contributed by atoms with Gasteiger partial charge in [-0.3, -0.25) is 9.79 Å². The lowest BCUT2D eigenvalue weighted by Gasteiger charge is -2.12. The lowest BCUT2D eigenvalue weighted by molar-refractivity contribution is -0.143. The molecule has 1 aromatic rings. The molecule has 1 unspecified atom stereocenters. The zero-order valence-electron chi connectivity index (χ0n) is 16.0. The van der Waals surface area contributed by atoms with Crippen LogP contribution in [0.2, 0.25) is 4.34 Å². The van der Waals surface area contributed by atoms with Crippen LogP contribution in [0.1, 0.15) is 56.9 Å². The number of guanidine groups is 1. The van der Waals surface area contributed by atoms with Crippen molar-refractivity contribution in [2.75, 3.05) is 26.2 Å². The molecule has 0 fully saturated rings. The molecule has 1 aromatic heterocycles. The van der Waals surface area contributed by atoms with Crippen molar-refractivity contribution in [2.24, 2.45) is 4.99 Å². The molecule has 0 aromatic carbocycles. The van der Waals surface area contributed by atoms with Crippen LogP contribution in [-0.2, 0) is 9.53 Å². The molecule has 0 amide bonds. The van der Waals surface area contributed by atoms with Crippen LogP contribution in [0.25, 0.3) is 0 Å². The number of rotatable bonds is 12. The molecule has 9 heteroatoms. The summed E-state index contributed by atoms with van der Waals surface area (Å²) in [6, 6.07) is 3.60. The van der Waals surface area contributed by atoms with Gasteiger partial charge in [-0.05, 0) is 38.8 Å². The van der Waals surface area contributed by atoms with E-state index in [-0.39, 0.29) is 36.5 Å². The summed E-state index contributed by atoms with van der Waals surface area (Å²) in [6.07, 6.45) is 3.76. The second-order valence-corrected chi connectivity index (χ2v) is 7.52. The molecular weight excluding hydrogens is 501 g/mol. The van der Waals surface area contributed by atoms with Crippen LogP contribution >= 0.6 is 46.9 Å². The minimum atomic E-state index is -0.647. The summed E-state index contributed by atoms with van der Waals surface area (Å²) >= 11 is 7.26. The van der Waals surface area contributed by atoms with Gasteiger partial charge in [-0.2, -0.15) is 0 Å². The Morgan fingerprint density at radius 2 is 2.00 bits per heavy atom. The normalized spacial score (nSPS) is 12.2. The van der Waals surface area contributed by atoms with Gasteiger partial charge in [0.05, 0.1) is 17.5 Å². The number of ether oxygens (including phenoxy) is 1. The number of thiophene rings is 1. The molecule has 0 saturated carbocycles. The van der Waals surface area contributed by atoms with Crippen molar-refractivity contribution in [1.29, 1.82) is 0 Å². The Hall–Kier alpha value is -0.580. The van der Waals surface area contributed by atoms with E-state index in [1.165, 1.54) is 11.3 Å². The standard InChI is InChI=1S/C18H30ClN3O3S.HI/c1-3-20-18(22-13-14(23)15-10-11-16(19)26-15)21-12-8-6-5-7-9-17(24)25-4-2;/h10-11,14,23H,3-9,12-13H2,1-2H3,(H2,20,21,22);1H. The van der Waals surface area contributed by atoms with Crippen LogP contribution in [0.3, 0.4) is 0 Å². The maximum absolute atomic E-state index is 11.2. The summed E-state index contributed by atoms with van der Waals surface area (Å²) < 4.78 is 5.57. The van der Waals surface area contributed by atoms with Crippen LogP contribution in [0.4, 0.5) is 0 Å². The minimum Gasteiger partial charge on any atom is -0.466 e. The number of esters is 1. The lowest BCUT2D eigenvalue weighted by atomic mass is 10.1. The Kier molecular flexibility index (Phi) is 16.0. The first-order valence-electron chi connectivity index (χ1n) is 9.17. The summed E-state index contributed by atoms with van der Waals surface area (Å²) in [4.78, 5) is 16.5. The summed E-state index contributed by atoms with van der Waals surface area (Å²) in [6.45, 7) is 6.11. The number of aliphatic hydroxyl groups is 1. The molecule has 0 aliphatic rings. The highest BCUT2D eigenvalue weighted by Gasteiger charge is 2.10. The third kappa shape index (κ3) is 12.5. The Balaban J connectivity index is 0.00000676. The second kappa shape index (κ2) is 16.4. The Morgan fingerprint density at radius 3 is 2.63 bits per heavy atom. The van der Waals surface area contributed by atoms with E-state index in [9.17, 15) is 9.90 Å². The Morgan fingerprint density at radius 1 is 1.26 bits per heavy atom. The third-order valence-electron chi connectivity index (χ3n) is 3.59. The van der Waals surface area contributed by atoms with Crippen molar-refractivity contribution in [2.45, 2.75) is 52.1 Å². The SMILES string of the molecule is CCNC(=NCC(O)c1ccc(Cl)s1)NCCCCCCC(=O)OCC.I. The zero-order chi connectivity index (χ0) is 19.2. The second-order valence-electron chi connectivity index (χ2n) is 5.77. The average molecular weight is 532 g/mol. The van der Waals surface area contributed by atoms with Gasteiger partial charge in [-0.1, -0.05) is 24.4 Å². The van der Waals surface area contributed by atoms with Crippen molar-refractivity contribution in [3.63, 3.8) is 0 Å². The number of nitrogens with zero attached hydrogens (tertiary/aromatic N) is 1. The van der Waals surface area contributed by atoms with Crippen LogP contribution in [0.5, 0.6) is 0 Å². The number of carbonyl (C=O) groups is 1. The van der Waals surface area contributed by atoms with Crippen molar-refractivity contribution >= 4 is 58.8 Å². The molecule has 27 heavy (non-hydrogen) atoms. The van der Waals surface area contributed by atoms with E-state index in [0.29, 0.717) is 23.3 Å². The first kappa shape index (κ1) is 26.4. The molecule has 0 aliphatic heterocycles. The predicted molar refractivity (Wildman–Crippen MR) is 123 cm³/mol. The smallest absolute Gasteiger partial charge is 0.305 e. The Bertz CT molecular complexity index is 558. The maximum Gasteiger partial charge on any atom is 0.305 e. The molecule has 0 saturated heterocycles. The average Bonchev–Trinajstić information content (AvgIpc) is 3.05. The van der Waals surface area contributed by atoms with E-state index in [2.05, 4.69) is 15.6 Å². The molecule has 3 N–H and O–H groups in total. The highest BCUT2D eigenvalue weighted by Crippen LogP contribution is 2.26. The largest absolute Gasteiger partial charge is 0.466 e. The fraction of sp³-hybridized carbons (Fsp3) is 0.667. The van der Waals surface area contributed by atoms with Crippen molar-refractivity contribution in [3.05, 3.63) is 21.3 Å². The van der Waals surface area contributed by atoms with Gasteiger partial charge in [-0.25, -0.2) is 0 Å². The fourth-order valence-electron chi connectivity index (χ4n) is 2.30. The van der Waals surface area contributed by atoms with Gasteiger partial charge in [-0.15, -0.1) is 35.3 Å². The van der Waals surface area contributed by atoms with E-state index in [0.717, 1.165) is 43.6 Å². The van der Waals surface area contributed by atoms with Crippen LogP contribution in [0, 0.1) is 0 Å². The van der Waals surface area contributed by atoms with E-state index in [4.69, 9.17) is 16.3 Å².